The highest BCUT2D eigenvalue weighted by molar-refractivity contribution is 5.36. The summed E-state index contributed by atoms with van der Waals surface area (Å²) in [6, 6.07) is 9.09. The van der Waals surface area contributed by atoms with E-state index in [0.717, 1.165) is 43.1 Å². The van der Waals surface area contributed by atoms with Crippen molar-refractivity contribution in [2.75, 3.05) is 13.2 Å². The number of fused-ring (bicyclic) bond motifs is 1. The Labute approximate surface area is 122 Å². The lowest BCUT2D eigenvalue weighted by Crippen LogP contribution is -2.28. The van der Waals surface area contributed by atoms with Crippen molar-refractivity contribution in [3.05, 3.63) is 29.8 Å². The van der Waals surface area contributed by atoms with E-state index in [1.54, 1.807) is 0 Å². The van der Waals surface area contributed by atoms with Gasteiger partial charge in [0.15, 0.2) is 0 Å². The molecule has 1 N–H and O–H groups in total. The third kappa shape index (κ3) is 2.85. The Balaban J connectivity index is 1.79. The maximum atomic E-state index is 5.97. The summed E-state index contributed by atoms with van der Waals surface area (Å²) in [7, 11) is 0. The van der Waals surface area contributed by atoms with Crippen molar-refractivity contribution >= 4 is 0 Å². The molecule has 3 rings (SSSR count). The summed E-state index contributed by atoms with van der Waals surface area (Å²) in [5.74, 6) is 3.95. The zero-order valence-electron chi connectivity index (χ0n) is 12.8. The quantitative estimate of drug-likeness (QED) is 0.805. The molecule has 3 atom stereocenters. The molecule has 2 fully saturated rings. The van der Waals surface area contributed by atoms with E-state index in [1.165, 1.54) is 24.8 Å². The topological polar surface area (TPSA) is 21.3 Å². The number of hydrogen-bond donors (Lipinski definition) is 1. The van der Waals surface area contributed by atoms with Crippen molar-refractivity contribution in [3.63, 3.8) is 0 Å². The van der Waals surface area contributed by atoms with Gasteiger partial charge in [-0.2, -0.15) is 0 Å². The SMILES string of the molecule is CCCOc1ccccc1C(NCC)C1CC2CC2C1. The number of hydrogen-bond acceptors (Lipinski definition) is 2. The van der Waals surface area contributed by atoms with Crippen LogP contribution in [0.15, 0.2) is 24.3 Å². The first kappa shape index (κ1) is 13.9. The van der Waals surface area contributed by atoms with Crippen molar-refractivity contribution in [1.82, 2.24) is 5.32 Å². The molecular weight excluding hydrogens is 246 g/mol. The van der Waals surface area contributed by atoms with Crippen LogP contribution < -0.4 is 10.1 Å². The van der Waals surface area contributed by atoms with Gasteiger partial charge in [-0.15, -0.1) is 0 Å². The standard InChI is InChI=1S/C18H27NO/c1-3-9-20-17-8-6-5-7-16(17)18(19-4-2)15-11-13-10-14(13)12-15/h5-8,13-15,18-19H,3-4,9-12H2,1-2H3. The van der Waals surface area contributed by atoms with Gasteiger partial charge in [0.05, 0.1) is 6.61 Å². The molecule has 0 saturated heterocycles. The van der Waals surface area contributed by atoms with Crippen molar-refractivity contribution in [1.29, 1.82) is 0 Å². The molecule has 1 aromatic rings. The van der Waals surface area contributed by atoms with Crippen LogP contribution in [0, 0.1) is 17.8 Å². The minimum atomic E-state index is 0.473. The summed E-state index contributed by atoms with van der Waals surface area (Å²) < 4.78 is 5.97. The number of ether oxygens (including phenoxy) is 1. The number of para-hydroxylation sites is 1. The Morgan fingerprint density at radius 2 is 1.90 bits per heavy atom. The molecule has 0 bridgehead atoms. The molecule has 0 aromatic heterocycles. The van der Waals surface area contributed by atoms with Crippen LogP contribution in [-0.2, 0) is 0 Å². The van der Waals surface area contributed by atoms with Gasteiger partial charge in [-0.25, -0.2) is 0 Å². The molecule has 0 aliphatic heterocycles. The molecule has 2 nitrogen and oxygen atoms in total. The van der Waals surface area contributed by atoms with E-state index in [-0.39, 0.29) is 0 Å². The Bertz CT molecular complexity index is 435. The fourth-order valence-corrected chi connectivity index (χ4v) is 3.87. The molecule has 2 aliphatic rings. The van der Waals surface area contributed by atoms with Crippen molar-refractivity contribution in [2.24, 2.45) is 17.8 Å². The summed E-state index contributed by atoms with van der Waals surface area (Å²) in [5, 5.41) is 3.72. The van der Waals surface area contributed by atoms with E-state index in [2.05, 4.69) is 43.4 Å². The molecule has 0 radical (unpaired) electrons. The molecule has 3 unspecified atom stereocenters. The first-order chi connectivity index (χ1) is 9.83. The van der Waals surface area contributed by atoms with Gasteiger partial charge in [0.1, 0.15) is 5.75 Å². The van der Waals surface area contributed by atoms with E-state index in [1.807, 2.05) is 0 Å². The Morgan fingerprint density at radius 3 is 2.60 bits per heavy atom. The molecule has 0 amide bonds. The minimum absolute atomic E-state index is 0.473. The fourth-order valence-electron chi connectivity index (χ4n) is 3.87. The van der Waals surface area contributed by atoms with Crippen molar-refractivity contribution < 1.29 is 4.74 Å². The predicted molar refractivity (Wildman–Crippen MR) is 83.0 cm³/mol. The molecule has 1 aromatic carbocycles. The van der Waals surface area contributed by atoms with Gasteiger partial charge >= 0.3 is 0 Å². The minimum Gasteiger partial charge on any atom is -0.493 e. The van der Waals surface area contributed by atoms with Gasteiger partial charge in [0.2, 0.25) is 0 Å². The summed E-state index contributed by atoms with van der Waals surface area (Å²) >= 11 is 0. The molecule has 0 spiro atoms. The summed E-state index contributed by atoms with van der Waals surface area (Å²) in [6.07, 6.45) is 5.37. The van der Waals surface area contributed by atoms with Crippen LogP contribution in [0.5, 0.6) is 5.75 Å². The second kappa shape index (κ2) is 6.17. The van der Waals surface area contributed by atoms with E-state index < -0.39 is 0 Å². The molecule has 2 aliphatic carbocycles. The Kier molecular flexibility index (Phi) is 4.30. The molecular formula is C18H27NO. The average molecular weight is 273 g/mol. The molecule has 110 valence electrons. The normalized spacial score (nSPS) is 29.0. The maximum Gasteiger partial charge on any atom is 0.124 e. The monoisotopic (exact) mass is 273 g/mol. The van der Waals surface area contributed by atoms with Gasteiger partial charge in [-0.05, 0) is 56.0 Å². The van der Waals surface area contributed by atoms with Gasteiger partial charge in [-0.1, -0.05) is 32.0 Å². The van der Waals surface area contributed by atoms with Crippen LogP contribution in [0.4, 0.5) is 0 Å². The smallest absolute Gasteiger partial charge is 0.124 e. The van der Waals surface area contributed by atoms with E-state index >= 15 is 0 Å². The second-order valence-corrected chi connectivity index (χ2v) is 6.41. The number of nitrogens with one attached hydrogen (secondary N) is 1. The first-order valence-electron chi connectivity index (χ1n) is 8.28. The summed E-state index contributed by atoms with van der Waals surface area (Å²) in [5.41, 5.74) is 1.37. The van der Waals surface area contributed by atoms with Crippen LogP contribution in [0.3, 0.4) is 0 Å². The van der Waals surface area contributed by atoms with Crippen LogP contribution in [-0.4, -0.2) is 13.2 Å². The zero-order valence-corrected chi connectivity index (χ0v) is 12.8. The van der Waals surface area contributed by atoms with Gasteiger partial charge in [0.25, 0.3) is 0 Å². The van der Waals surface area contributed by atoms with E-state index in [0.29, 0.717) is 6.04 Å². The number of benzene rings is 1. The molecule has 20 heavy (non-hydrogen) atoms. The summed E-state index contributed by atoms with van der Waals surface area (Å²) in [6.45, 7) is 6.21. The summed E-state index contributed by atoms with van der Waals surface area (Å²) in [4.78, 5) is 0. The van der Waals surface area contributed by atoms with E-state index in [9.17, 15) is 0 Å². The lowest BCUT2D eigenvalue weighted by molar-refractivity contribution is 0.294. The lowest BCUT2D eigenvalue weighted by atomic mass is 9.88. The Hall–Kier alpha value is -1.02. The van der Waals surface area contributed by atoms with Gasteiger partial charge in [-0.3, -0.25) is 0 Å². The number of rotatable bonds is 7. The molecule has 2 saturated carbocycles. The third-order valence-corrected chi connectivity index (χ3v) is 4.89. The van der Waals surface area contributed by atoms with Crippen LogP contribution in [0.2, 0.25) is 0 Å². The fraction of sp³-hybridized carbons (Fsp3) is 0.667. The van der Waals surface area contributed by atoms with Crippen molar-refractivity contribution in [2.45, 2.75) is 45.6 Å². The predicted octanol–water partition coefficient (Wildman–Crippen LogP) is 4.17. The maximum absolute atomic E-state index is 5.97. The lowest BCUT2D eigenvalue weighted by Gasteiger charge is -2.27. The zero-order chi connectivity index (χ0) is 13.9. The molecule has 0 heterocycles. The van der Waals surface area contributed by atoms with E-state index in [4.69, 9.17) is 4.74 Å². The third-order valence-electron chi connectivity index (χ3n) is 4.89. The first-order valence-corrected chi connectivity index (χ1v) is 8.28. The van der Waals surface area contributed by atoms with Gasteiger partial charge in [0, 0.05) is 11.6 Å². The second-order valence-electron chi connectivity index (χ2n) is 6.41. The van der Waals surface area contributed by atoms with Gasteiger partial charge < -0.3 is 10.1 Å². The van der Waals surface area contributed by atoms with Crippen LogP contribution in [0.25, 0.3) is 0 Å². The van der Waals surface area contributed by atoms with Crippen LogP contribution >= 0.6 is 0 Å². The van der Waals surface area contributed by atoms with Crippen LogP contribution in [0.1, 0.15) is 51.1 Å². The highest BCUT2D eigenvalue weighted by Crippen LogP contribution is 2.57. The molecule has 2 heteroatoms. The average Bonchev–Trinajstić information content (AvgIpc) is 3.09. The van der Waals surface area contributed by atoms with Crippen molar-refractivity contribution in [3.8, 4) is 5.75 Å². The highest BCUT2D eigenvalue weighted by atomic mass is 16.5. The Morgan fingerprint density at radius 1 is 1.15 bits per heavy atom. The highest BCUT2D eigenvalue weighted by Gasteiger charge is 2.48. The largest absolute Gasteiger partial charge is 0.493 e.